The van der Waals surface area contributed by atoms with Gasteiger partial charge in [0.15, 0.2) is 0 Å². The highest BCUT2D eigenvalue weighted by molar-refractivity contribution is 5.90. The van der Waals surface area contributed by atoms with E-state index in [1.54, 1.807) is 13.8 Å². The minimum Gasteiger partial charge on any atom is -0.462 e. The van der Waals surface area contributed by atoms with Gasteiger partial charge in [0.1, 0.15) is 13.1 Å². The lowest BCUT2D eigenvalue weighted by Gasteiger charge is -2.12. The molecular formula is C21H22N2O3. The first-order valence-corrected chi connectivity index (χ1v) is 8.64. The number of amides is 1. The lowest BCUT2D eigenvalue weighted by Crippen LogP contribution is -2.34. The van der Waals surface area contributed by atoms with Crippen molar-refractivity contribution in [2.75, 3.05) is 6.54 Å². The monoisotopic (exact) mass is 350 g/mol. The Kier molecular flexibility index (Phi) is 5.37. The van der Waals surface area contributed by atoms with Crippen LogP contribution in [0.25, 0.3) is 22.2 Å². The molecule has 0 aliphatic rings. The summed E-state index contributed by atoms with van der Waals surface area (Å²) in [6, 6.07) is 20.0. The molecule has 1 aromatic heterocycles. The third kappa shape index (κ3) is 4.11. The quantitative estimate of drug-likeness (QED) is 0.693. The summed E-state index contributed by atoms with van der Waals surface area (Å²) < 4.78 is 7.00. The van der Waals surface area contributed by atoms with Crippen molar-refractivity contribution in [1.29, 1.82) is 0 Å². The molecule has 1 heterocycles. The van der Waals surface area contributed by atoms with Gasteiger partial charge in [0.25, 0.3) is 0 Å². The average Bonchev–Trinajstić information content (AvgIpc) is 2.99. The summed E-state index contributed by atoms with van der Waals surface area (Å²) in [4.78, 5) is 24.0. The van der Waals surface area contributed by atoms with Crippen LogP contribution in [0, 0.1) is 0 Å². The molecule has 5 heteroatoms. The van der Waals surface area contributed by atoms with Gasteiger partial charge in [0.2, 0.25) is 5.91 Å². The molecule has 5 nitrogen and oxygen atoms in total. The summed E-state index contributed by atoms with van der Waals surface area (Å²) in [6.07, 6.45) is -0.197. The highest BCUT2D eigenvalue weighted by Gasteiger charge is 2.14. The number of carbonyl (C=O) groups is 2. The molecule has 0 aliphatic carbocycles. The number of rotatable bonds is 6. The van der Waals surface area contributed by atoms with Crippen molar-refractivity contribution in [2.24, 2.45) is 0 Å². The van der Waals surface area contributed by atoms with Gasteiger partial charge in [-0.25, -0.2) is 0 Å². The first kappa shape index (κ1) is 17.7. The second-order valence-corrected chi connectivity index (χ2v) is 6.36. The van der Waals surface area contributed by atoms with Crippen LogP contribution in [0.15, 0.2) is 60.7 Å². The average molecular weight is 350 g/mol. The molecule has 3 aromatic rings. The number of carbonyl (C=O) groups excluding carboxylic acids is 2. The minimum atomic E-state index is -0.436. The van der Waals surface area contributed by atoms with Crippen molar-refractivity contribution in [3.8, 4) is 11.3 Å². The number of para-hydroxylation sites is 1. The predicted molar refractivity (Wildman–Crippen MR) is 102 cm³/mol. The lowest BCUT2D eigenvalue weighted by molar-refractivity contribution is -0.147. The number of hydrogen-bond donors (Lipinski definition) is 1. The maximum absolute atomic E-state index is 12.4. The van der Waals surface area contributed by atoms with E-state index in [0.29, 0.717) is 0 Å². The first-order chi connectivity index (χ1) is 12.5. The zero-order valence-electron chi connectivity index (χ0n) is 14.9. The molecule has 0 radical (unpaired) electrons. The molecule has 0 fully saturated rings. The number of nitrogens with one attached hydrogen (secondary N) is 1. The Morgan fingerprint density at radius 2 is 1.73 bits per heavy atom. The number of esters is 1. The van der Waals surface area contributed by atoms with E-state index >= 15 is 0 Å². The van der Waals surface area contributed by atoms with Crippen LogP contribution in [0.4, 0.5) is 0 Å². The van der Waals surface area contributed by atoms with Crippen LogP contribution in [0.2, 0.25) is 0 Å². The van der Waals surface area contributed by atoms with Crippen LogP contribution in [-0.2, 0) is 20.9 Å². The molecule has 0 bridgehead atoms. The smallest absolute Gasteiger partial charge is 0.325 e. The van der Waals surface area contributed by atoms with E-state index in [4.69, 9.17) is 4.74 Å². The number of ether oxygens (including phenoxy) is 1. The lowest BCUT2D eigenvalue weighted by atomic mass is 10.1. The Hall–Kier alpha value is -3.08. The fourth-order valence-electron chi connectivity index (χ4n) is 2.90. The first-order valence-electron chi connectivity index (χ1n) is 8.64. The van der Waals surface area contributed by atoms with Gasteiger partial charge in [-0.3, -0.25) is 9.59 Å². The van der Waals surface area contributed by atoms with Gasteiger partial charge in [0, 0.05) is 16.6 Å². The van der Waals surface area contributed by atoms with Crippen molar-refractivity contribution >= 4 is 22.8 Å². The number of nitrogens with zero attached hydrogens (tertiary/aromatic N) is 1. The molecular weight excluding hydrogens is 328 g/mol. The van der Waals surface area contributed by atoms with Gasteiger partial charge in [-0.2, -0.15) is 0 Å². The van der Waals surface area contributed by atoms with E-state index in [9.17, 15) is 9.59 Å². The summed E-state index contributed by atoms with van der Waals surface area (Å²) in [7, 11) is 0. The third-order valence-corrected chi connectivity index (χ3v) is 3.98. The number of hydrogen-bond acceptors (Lipinski definition) is 3. The number of benzene rings is 2. The number of fused-ring (bicyclic) bond motifs is 1. The molecule has 0 spiro atoms. The highest BCUT2D eigenvalue weighted by Crippen LogP contribution is 2.28. The predicted octanol–water partition coefficient (Wildman–Crippen LogP) is 3.38. The van der Waals surface area contributed by atoms with E-state index in [1.807, 2.05) is 59.2 Å². The van der Waals surface area contributed by atoms with Crippen molar-refractivity contribution in [1.82, 2.24) is 9.88 Å². The Morgan fingerprint density at radius 3 is 2.46 bits per heavy atom. The summed E-state index contributed by atoms with van der Waals surface area (Å²) in [5.41, 5.74) is 2.98. The maximum Gasteiger partial charge on any atom is 0.325 e. The largest absolute Gasteiger partial charge is 0.462 e. The third-order valence-electron chi connectivity index (χ3n) is 3.98. The summed E-state index contributed by atoms with van der Waals surface area (Å²) in [6.45, 7) is 3.55. The van der Waals surface area contributed by atoms with Crippen LogP contribution in [0.5, 0.6) is 0 Å². The molecule has 0 saturated heterocycles. The van der Waals surface area contributed by atoms with Crippen LogP contribution in [0.1, 0.15) is 13.8 Å². The van der Waals surface area contributed by atoms with Gasteiger partial charge in [0.05, 0.1) is 6.10 Å². The molecule has 134 valence electrons. The second-order valence-electron chi connectivity index (χ2n) is 6.36. The zero-order chi connectivity index (χ0) is 18.5. The molecule has 1 amide bonds. The molecule has 26 heavy (non-hydrogen) atoms. The Labute approximate surface area is 152 Å². The van der Waals surface area contributed by atoms with E-state index in [0.717, 1.165) is 22.2 Å². The zero-order valence-corrected chi connectivity index (χ0v) is 14.9. The Morgan fingerprint density at radius 1 is 1.04 bits per heavy atom. The summed E-state index contributed by atoms with van der Waals surface area (Å²) in [5, 5.41) is 3.70. The topological polar surface area (TPSA) is 60.3 Å². The summed E-state index contributed by atoms with van der Waals surface area (Å²) >= 11 is 0. The van der Waals surface area contributed by atoms with Crippen molar-refractivity contribution in [3.05, 3.63) is 60.7 Å². The van der Waals surface area contributed by atoms with Crippen molar-refractivity contribution in [3.63, 3.8) is 0 Å². The maximum atomic E-state index is 12.4. The van der Waals surface area contributed by atoms with E-state index < -0.39 is 5.97 Å². The van der Waals surface area contributed by atoms with Gasteiger partial charge in [-0.1, -0.05) is 48.5 Å². The van der Waals surface area contributed by atoms with Crippen LogP contribution >= 0.6 is 0 Å². The molecule has 0 aliphatic heterocycles. The molecule has 1 N–H and O–H groups in total. The fourth-order valence-corrected chi connectivity index (χ4v) is 2.90. The van der Waals surface area contributed by atoms with Crippen LogP contribution in [-0.4, -0.2) is 29.1 Å². The normalized spacial score (nSPS) is 10.9. The SMILES string of the molecule is CC(C)OC(=O)CNC(=O)Cn1c(-c2ccccc2)cc2ccccc21. The molecule has 3 rings (SSSR count). The fraction of sp³-hybridized carbons (Fsp3) is 0.238. The standard InChI is InChI=1S/C21H22N2O3/c1-15(2)26-21(25)13-22-20(24)14-23-18-11-7-6-10-17(18)12-19(23)16-8-4-3-5-9-16/h3-12,15H,13-14H2,1-2H3,(H,22,24). The molecule has 2 aromatic carbocycles. The van der Waals surface area contributed by atoms with E-state index in [2.05, 4.69) is 11.4 Å². The van der Waals surface area contributed by atoms with Crippen molar-refractivity contribution < 1.29 is 14.3 Å². The number of aromatic nitrogens is 1. The van der Waals surface area contributed by atoms with Crippen LogP contribution < -0.4 is 5.32 Å². The van der Waals surface area contributed by atoms with Gasteiger partial charge in [-0.15, -0.1) is 0 Å². The highest BCUT2D eigenvalue weighted by atomic mass is 16.5. The molecule has 0 unspecified atom stereocenters. The van der Waals surface area contributed by atoms with Crippen molar-refractivity contribution in [2.45, 2.75) is 26.5 Å². The Balaban J connectivity index is 1.82. The molecule has 0 saturated carbocycles. The Bertz CT molecular complexity index is 913. The second kappa shape index (κ2) is 7.87. The van der Waals surface area contributed by atoms with E-state index in [-0.39, 0.29) is 25.1 Å². The van der Waals surface area contributed by atoms with Gasteiger partial charge >= 0.3 is 5.97 Å². The molecule has 0 atom stereocenters. The minimum absolute atomic E-state index is 0.128. The summed E-state index contributed by atoms with van der Waals surface area (Å²) in [5.74, 6) is -0.668. The van der Waals surface area contributed by atoms with Gasteiger partial charge in [-0.05, 0) is 31.5 Å². The van der Waals surface area contributed by atoms with E-state index in [1.165, 1.54) is 0 Å². The van der Waals surface area contributed by atoms with Gasteiger partial charge < -0.3 is 14.6 Å². The van der Waals surface area contributed by atoms with Crippen LogP contribution in [0.3, 0.4) is 0 Å².